The van der Waals surface area contributed by atoms with Crippen LogP contribution < -0.4 is 0 Å². The van der Waals surface area contributed by atoms with E-state index in [1.807, 2.05) is 11.9 Å². The predicted octanol–water partition coefficient (Wildman–Crippen LogP) is -0.162. The van der Waals surface area contributed by atoms with Gasteiger partial charge < -0.3 is 5.11 Å². The molecule has 4 heteroatoms. The average molecular weight is 172 g/mol. The van der Waals surface area contributed by atoms with Gasteiger partial charge in [-0.15, -0.1) is 0 Å². The first-order valence-electron chi connectivity index (χ1n) is 4.45. The summed E-state index contributed by atoms with van der Waals surface area (Å²) in [6, 6.07) is 0. The number of hydrogen-bond acceptors (Lipinski definition) is 3. The first kappa shape index (κ1) is 9.48. The van der Waals surface area contributed by atoms with Gasteiger partial charge in [0.05, 0.1) is 0 Å². The Morgan fingerprint density at radius 2 is 2.33 bits per heavy atom. The highest BCUT2D eigenvalue weighted by Gasteiger charge is 2.26. The van der Waals surface area contributed by atoms with Gasteiger partial charge in [-0.25, -0.2) is 5.01 Å². The minimum absolute atomic E-state index is 0.154. The normalized spacial score (nSPS) is 19.2. The van der Waals surface area contributed by atoms with Crippen molar-refractivity contribution in [3.63, 3.8) is 0 Å². The van der Waals surface area contributed by atoms with Crippen molar-refractivity contribution in [1.82, 2.24) is 10.0 Å². The summed E-state index contributed by atoms with van der Waals surface area (Å²) in [5.74, 6) is 0.185. The molecule has 0 aromatic carbocycles. The highest BCUT2D eigenvalue weighted by atomic mass is 16.3. The van der Waals surface area contributed by atoms with Gasteiger partial charge in [-0.05, 0) is 6.42 Å². The molecule has 12 heavy (non-hydrogen) atoms. The topological polar surface area (TPSA) is 43.8 Å². The van der Waals surface area contributed by atoms with Crippen molar-refractivity contribution in [3.05, 3.63) is 0 Å². The number of hydrazine groups is 1. The Kier molecular flexibility index (Phi) is 3.49. The summed E-state index contributed by atoms with van der Waals surface area (Å²) in [6.45, 7) is 4.55. The van der Waals surface area contributed by atoms with Crippen LogP contribution in [0.4, 0.5) is 0 Å². The smallest absolute Gasteiger partial charge is 0.238 e. The average Bonchev–Trinajstić information content (AvgIpc) is 2.43. The lowest BCUT2D eigenvalue weighted by molar-refractivity contribution is -0.137. The molecule has 70 valence electrons. The Bertz CT molecular complexity index is 161. The van der Waals surface area contributed by atoms with Crippen molar-refractivity contribution in [2.75, 3.05) is 26.2 Å². The lowest BCUT2D eigenvalue weighted by Gasteiger charge is -2.26. The van der Waals surface area contributed by atoms with Gasteiger partial charge in [-0.2, -0.15) is 0 Å². The van der Waals surface area contributed by atoms with Gasteiger partial charge in [0.2, 0.25) is 5.91 Å². The van der Waals surface area contributed by atoms with Gasteiger partial charge in [0.1, 0.15) is 0 Å². The molecule has 0 aromatic rings. The van der Waals surface area contributed by atoms with E-state index in [0.29, 0.717) is 19.4 Å². The third-order valence-electron chi connectivity index (χ3n) is 2.11. The maximum absolute atomic E-state index is 11.3. The fourth-order valence-electron chi connectivity index (χ4n) is 1.45. The molecule has 0 bridgehead atoms. The third kappa shape index (κ3) is 1.95. The summed E-state index contributed by atoms with van der Waals surface area (Å²) in [5, 5.41) is 12.4. The van der Waals surface area contributed by atoms with Crippen LogP contribution in [-0.2, 0) is 4.79 Å². The van der Waals surface area contributed by atoms with E-state index in [0.717, 1.165) is 13.1 Å². The number of hydrogen-bond donors (Lipinski definition) is 1. The van der Waals surface area contributed by atoms with Crippen LogP contribution in [0.1, 0.15) is 19.8 Å². The number of amides is 1. The number of aliphatic hydroxyl groups is 1. The molecular formula is C8H16N2O2. The zero-order chi connectivity index (χ0) is 8.97. The highest BCUT2D eigenvalue weighted by molar-refractivity contribution is 5.77. The molecular weight excluding hydrogens is 156 g/mol. The van der Waals surface area contributed by atoms with E-state index in [1.54, 1.807) is 5.01 Å². The molecule has 0 radical (unpaired) electrons. The van der Waals surface area contributed by atoms with Gasteiger partial charge in [0.15, 0.2) is 0 Å². The van der Waals surface area contributed by atoms with E-state index < -0.39 is 0 Å². The predicted molar refractivity (Wildman–Crippen MR) is 45.3 cm³/mol. The standard InChI is InChI=1S/C8H16N2O2/c1-2-9-6-4-8(12)10(9)5-3-7-11/h11H,2-7H2,1H3. The zero-order valence-corrected chi connectivity index (χ0v) is 7.49. The van der Waals surface area contributed by atoms with Crippen molar-refractivity contribution >= 4 is 5.91 Å². The Morgan fingerprint density at radius 1 is 1.58 bits per heavy atom. The molecule has 0 saturated carbocycles. The molecule has 0 spiro atoms. The molecule has 1 aliphatic heterocycles. The van der Waals surface area contributed by atoms with Crippen LogP contribution in [0.25, 0.3) is 0 Å². The molecule has 1 saturated heterocycles. The monoisotopic (exact) mass is 172 g/mol. The number of rotatable bonds is 4. The van der Waals surface area contributed by atoms with Crippen molar-refractivity contribution < 1.29 is 9.90 Å². The molecule has 1 rings (SSSR count). The van der Waals surface area contributed by atoms with Gasteiger partial charge in [0.25, 0.3) is 0 Å². The quantitative estimate of drug-likeness (QED) is 0.640. The van der Waals surface area contributed by atoms with E-state index in [4.69, 9.17) is 5.11 Å². The number of carbonyl (C=O) groups excluding carboxylic acids is 1. The summed E-state index contributed by atoms with van der Waals surface area (Å²) in [4.78, 5) is 11.3. The minimum Gasteiger partial charge on any atom is -0.396 e. The Hall–Kier alpha value is -0.610. The molecule has 1 aliphatic rings. The zero-order valence-electron chi connectivity index (χ0n) is 7.49. The molecule has 1 fully saturated rings. The van der Waals surface area contributed by atoms with Crippen molar-refractivity contribution in [2.45, 2.75) is 19.8 Å². The second-order valence-corrected chi connectivity index (χ2v) is 2.89. The molecule has 0 aliphatic carbocycles. The second kappa shape index (κ2) is 4.42. The van der Waals surface area contributed by atoms with E-state index in [2.05, 4.69) is 0 Å². The molecule has 1 amide bonds. The summed E-state index contributed by atoms with van der Waals surface area (Å²) in [5.41, 5.74) is 0. The van der Waals surface area contributed by atoms with Gasteiger partial charge in [-0.3, -0.25) is 9.80 Å². The molecule has 0 aromatic heterocycles. The SMILES string of the molecule is CCN1CCC(=O)N1CCCO. The molecule has 0 unspecified atom stereocenters. The molecule has 0 atom stereocenters. The van der Waals surface area contributed by atoms with Crippen LogP contribution >= 0.6 is 0 Å². The fourth-order valence-corrected chi connectivity index (χ4v) is 1.45. The Morgan fingerprint density at radius 3 is 2.92 bits per heavy atom. The van der Waals surface area contributed by atoms with Crippen molar-refractivity contribution in [3.8, 4) is 0 Å². The lowest BCUT2D eigenvalue weighted by atomic mass is 10.4. The maximum Gasteiger partial charge on any atom is 0.238 e. The first-order valence-corrected chi connectivity index (χ1v) is 4.45. The van der Waals surface area contributed by atoms with Crippen LogP contribution in [0.5, 0.6) is 0 Å². The van der Waals surface area contributed by atoms with Gasteiger partial charge >= 0.3 is 0 Å². The van der Waals surface area contributed by atoms with Crippen molar-refractivity contribution in [1.29, 1.82) is 0 Å². The first-order chi connectivity index (χ1) is 5.79. The molecule has 1 heterocycles. The van der Waals surface area contributed by atoms with E-state index in [1.165, 1.54) is 0 Å². The third-order valence-corrected chi connectivity index (χ3v) is 2.11. The number of aliphatic hydroxyl groups excluding tert-OH is 1. The largest absolute Gasteiger partial charge is 0.396 e. The highest BCUT2D eigenvalue weighted by Crippen LogP contribution is 2.11. The molecule has 4 nitrogen and oxygen atoms in total. The number of nitrogens with zero attached hydrogens (tertiary/aromatic N) is 2. The summed E-state index contributed by atoms with van der Waals surface area (Å²) < 4.78 is 0. The maximum atomic E-state index is 11.3. The van der Waals surface area contributed by atoms with E-state index >= 15 is 0 Å². The Balaban J connectivity index is 2.40. The van der Waals surface area contributed by atoms with Crippen LogP contribution in [0.2, 0.25) is 0 Å². The van der Waals surface area contributed by atoms with Crippen LogP contribution in [-0.4, -0.2) is 47.3 Å². The summed E-state index contributed by atoms with van der Waals surface area (Å²) in [7, 11) is 0. The number of carbonyl (C=O) groups is 1. The van der Waals surface area contributed by atoms with Crippen LogP contribution in [0, 0.1) is 0 Å². The summed E-state index contributed by atoms with van der Waals surface area (Å²) >= 11 is 0. The molecule has 1 N–H and O–H groups in total. The van der Waals surface area contributed by atoms with E-state index in [9.17, 15) is 4.79 Å². The van der Waals surface area contributed by atoms with Gasteiger partial charge in [-0.1, -0.05) is 6.92 Å². The fraction of sp³-hybridized carbons (Fsp3) is 0.875. The lowest BCUT2D eigenvalue weighted by Crippen LogP contribution is -2.39. The Labute approximate surface area is 72.7 Å². The second-order valence-electron chi connectivity index (χ2n) is 2.89. The van der Waals surface area contributed by atoms with Gasteiger partial charge in [0, 0.05) is 32.7 Å². The summed E-state index contributed by atoms with van der Waals surface area (Å²) in [6.07, 6.45) is 1.29. The van der Waals surface area contributed by atoms with Crippen molar-refractivity contribution in [2.24, 2.45) is 0 Å². The van der Waals surface area contributed by atoms with E-state index in [-0.39, 0.29) is 12.5 Å². The minimum atomic E-state index is 0.154. The van der Waals surface area contributed by atoms with Crippen LogP contribution in [0.3, 0.4) is 0 Å². The van der Waals surface area contributed by atoms with Crippen LogP contribution in [0.15, 0.2) is 0 Å².